The maximum absolute atomic E-state index is 12.4. The summed E-state index contributed by atoms with van der Waals surface area (Å²) in [7, 11) is 0. The molecule has 2 aromatic heterocycles. The Morgan fingerprint density at radius 1 is 1.00 bits per heavy atom. The van der Waals surface area contributed by atoms with Gasteiger partial charge in [-0.2, -0.15) is 0 Å². The van der Waals surface area contributed by atoms with E-state index in [4.69, 9.17) is 19.6 Å². The number of primary amides is 1. The summed E-state index contributed by atoms with van der Waals surface area (Å²) in [5.41, 5.74) is 11.7. The summed E-state index contributed by atoms with van der Waals surface area (Å²) in [4.78, 5) is 16.9. The monoisotopic (exact) mass is 516 g/mol. The Labute approximate surface area is 223 Å². The summed E-state index contributed by atoms with van der Waals surface area (Å²) >= 11 is 0. The topological polar surface area (TPSA) is 112 Å². The van der Waals surface area contributed by atoms with Crippen LogP contribution in [0, 0.1) is 13.8 Å². The van der Waals surface area contributed by atoms with Crippen molar-refractivity contribution in [1.29, 1.82) is 0 Å². The van der Waals surface area contributed by atoms with E-state index in [1.807, 2.05) is 52.0 Å². The summed E-state index contributed by atoms with van der Waals surface area (Å²) in [5.74, 6) is 2.48. The van der Waals surface area contributed by atoms with E-state index in [0.717, 1.165) is 40.1 Å². The van der Waals surface area contributed by atoms with Crippen LogP contribution in [-0.2, 0) is 19.5 Å². The Hall–Kier alpha value is -4.04. The third-order valence-electron chi connectivity index (χ3n) is 6.46. The number of ether oxygens (including phenoxy) is 2. The van der Waals surface area contributed by atoms with Gasteiger partial charge in [0.2, 0.25) is 0 Å². The molecule has 4 N–H and O–H groups in total. The highest BCUT2D eigenvalue weighted by Crippen LogP contribution is 2.38. The Morgan fingerprint density at radius 2 is 1.71 bits per heavy atom. The number of furan rings is 1. The molecule has 0 aliphatic carbocycles. The lowest BCUT2D eigenvalue weighted by molar-refractivity contribution is 0.100. The van der Waals surface area contributed by atoms with E-state index in [9.17, 15) is 4.79 Å². The van der Waals surface area contributed by atoms with Gasteiger partial charge in [0.1, 0.15) is 11.5 Å². The first-order valence-corrected chi connectivity index (χ1v) is 13.0. The number of carbonyl (C=O) groups excluding carboxylic acids is 1. The molecule has 0 bridgehead atoms. The second-order valence-electron chi connectivity index (χ2n) is 9.06. The van der Waals surface area contributed by atoms with Gasteiger partial charge in [0.25, 0.3) is 5.91 Å². The Kier molecular flexibility index (Phi) is 8.53. The first kappa shape index (κ1) is 27.0. The number of hydrogen-bond acceptors (Lipinski definition) is 7. The van der Waals surface area contributed by atoms with Crippen LogP contribution in [0.15, 0.2) is 47.0 Å². The molecule has 0 aliphatic heterocycles. The van der Waals surface area contributed by atoms with Gasteiger partial charge >= 0.3 is 0 Å². The van der Waals surface area contributed by atoms with E-state index >= 15 is 0 Å². The van der Waals surface area contributed by atoms with Crippen molar-refractivity contribution in [3.05, 3.63) is 76.4 Å². The Morgan fingerprint density at radius 3 is 2.34 bits per heavy atom. The lowest BCUT2D eigenvalue weighted by Gasteiger charge is -2.19. The third-order valence-corrected chi connectivity index (χ3v) is 6.46. The minimum atomic E-state index is -0.560. The van der Waals surface area contributed by atoms with Crippen molar-refractivity contribution in [2.45, 2.75) is 54.1 Å². The van der Waals surface area contributed by atoms with Crippen LogP contribution in [0.1, 0.15) is 59.3 Å². The van der Waals surface area contributed by atoms with Crippen LogP contribution in [0.25, 0.3) is 10.9 Å². The second-order valence-corrected chi connectivity index (χ2v) is 9.06. The number of aromatic nitrogens is 1. The van der Waals surface area contributed by atoms with Gasteiger partial charge in [0.15, 0.2) is 11.5 Å². The zero-order chi connectivity index (χ0) is 27.2. The molecule has 0 spiro atoms. The number of nitrogens with zero attached hydrogens (tertiary/aromatic N) is 1. The van der Waals surface area contributed by atoms with E-state index in [1.165, 1.54) is 11.8 Å². The largest absolute Gasteiger partial charge is 0.490 e. The van der Waals surface area contributed by atoms with Crippen LogP contribution in [0.5, 0.6) is 11.5 Å². The number of nitrogens with one attached hydrogen (secondary N) is 2. The Bertz CT molecular complexity index is 1440. The third kappa shape index (κ3) is 5.75. The summed E-state index contributed by atoms with van der Waals surface area (Å²) in [6, 6.07) is 11.9. The highest BCUT2D eigenvalue weighted by molar-refractivity contribution is 6.08. The van der Waals surface area contributed by atoms with Gasteiger partial charge in [-0.1, -0.05) is 19.1 Å². The molecule has 2 heterocycles. The van der Waals surface area contributed by atoms with E-state index in [2.05, 4.69) is 34.7 Å². The van der Waals surface area contributed by atoms with Crippen molar-refractivity contribution in [3.8, 4) is 11.5 Å². The SMILES string of the molecule is CCOc1cc2ncc(C(N)=O)c(Nc3cccc(CNCc4cc(C)oc4C)c3CC)c2cc1OCC. The fourth-order valence-corrected chi connectivity index (χ4v) is 4.72. The molecule has 4 aromatic rings. The van der Waals surface area contributed by atoms with Gasteiger partial charge in [-0.15, -0.1) is 0 Å². The molecular formula is C30H36N4O4. The molecule has 200 valence electrons. The number of hydrogen-bond donors (Lipinski definition) is 3. The molecule has 38 heavy (non-hydrogen) atoms. The molecule has 8 heteroatoms. The van der Waals surface area contributed by atoms with E-state index in [0.29, 0.717) is 54.6 Å². The van der Waals surface area contributed by atoms with Gasteiger partial charge in [0, 0.05) is 42.0 Å². The van der Waals surface area contributed by atoms with Gasteiger partial charge < -0.3 is 30.3 Å². The first-order valence-electron chi connectivity index (χ1n) is 13.0. The average Bonchev–Trinajstić information content (AvgIpc) is 3.21. The summed E-state index contributed by atoms with van der Waals surface area (Å²) in [6.07, 6.45) is 2.31. The van der Waals surface area contributed by atoms with Crippen LogP contribution in [0.2, 0.25) is 0 Å². The number of anilines is 2. The summed E-state index contributed by atoms with van der Waals surface area (Å²) < 4.78 is 17.3. The van der Waals surface area contributed by atoms with Crippen molar-refractivity contribution in [1.82, 2.24) is 10.3 Å². The predicted octanol–water partition coefficient (Wildman–Crippen LogP) is 5.94. The van der Waals surface area contributed by atoms with Crippen molar-refractivity contribution in [2.75, 3.05) is 18.5 Å². The minimum Gasteiger partial charge on any atom is -0.490 e. The van der Waals surface area contributed by atoms with E-state index < -0.39 is 5.91 Å². The maximum Gasteiger partial charge on any atom is 0.252 e. The van der Waals surface area contributed by atoms with Crippen LogP contribution >= 0.6 is 0 Å². The number of aryl methyl sites for hydroxylation is 2. The van der Waals surface area contributed by atoms with Gasteiger partial charge in [0.05, 0.1) is 30.0 Å². The Balaban J connectivity index is 1.71. The molecule has 0 fully saturated rings. The second kappa shape index (κ2) is 12.0. The number of rotatable bonds is 12. The lowest BCUT2D eigenvalue weighted by atomic mass is 10.0. The number of pyridine rings is 1. The van der Waals surface area contributed by atoms with Crippen LogP contribution in [-0.4, -0.2) is 24.1 Å². The molecule has 0 atom stereocenters. The number of nitrogens with two attached hydrogens (primary N) is 1. The average molecular weight is 517 g/mol. The molecule has 4 rings (SSSR count). The number of amides is 1. The molecule has 0 unspecified atom stereocenters. The maximum atomic E-state index is 12.4. The molecular weight excluding hydrogens is 480 g/mol. The smallest absolute Gasteiger partial charge is 0.252 e. The fraction of sp³-hybridized carbons (Fsp3) is 0.333. The zero-order valence-corrected chi connectivity index (χ0v) is 22.7. The highest BCUT2D eigenvalue weighted by atomic mass is 16.5. The molecule has 1 amide bonds. The zero-order valence-electron chi connectivity index (χ0n) is 22.7. The van der Waals surface area contributed by atoms with Crippen LogP contribution < -0.4 is 25.8 Å². The quantitative estimate of drug-likeness (QED) is 0.214. The van der Waals surface area contributed by atoms with Crippen LogP contribution in [0.3, 0.4) is 0 Å². The van der Waals surface area contributed by atoms with Crippen molar-refractivity contribution in [3.63, 3.8) is 0 Å². The molecule has 2 aromatic carbocycles. The van der Waals surface area contributed by atoms with Crippen LogP contribution in [0.4, 0.5) is 11.4 Å². The van der Waals surface area contributed by atoms with Crippen molar-refractivity contribution in [2.24, 2.45) is 5.73 Å². The molecule has 0 radical (unpaired) electrons. The summed E-state index contributed by atoms with van der Waals surface area (Å²) in [5, 5.41) is 7.78. The predicted molar refractivity (Wildman–Crippen MR) is 150 cm³/mol. The lowest BCUT2D eigenvalue weighted by Crippen LogP contribution is -2.16. The van der Waals surface area contributed by atoms with Gasteiger partial charge in [-0.3, -0.25) is 9.78 Å². The minimum absolute atomic E-state index is 0.306. The number of fused-ring (bicyclic) bond motifs is 1. The van der Waals surface area contributed by atoms with E-state index in [1.54, 1.807) is 0 Å². The van der Waals surface area contributed by atoms with Crippen molar-refractivity contribution < 1.29 is 18.7 Å². The van der Waals surface area contributed by atoms with Crippen molar-refractivity contribution >= 4 is 28.2 Å². The fourth-order valence-electron chi connectivity index (χ4n) is 4.72. The van der Waals surface area contributed by atoms with E-state index in [-0.39, 0.29) is 0 Å². The van der Waals surface area contributed by atoms with Gasteiger partial charge in [-0.05, 0) is 63.4 Å². The molecule has 8 nitrogen and oxygen atoms in total. The summed E-state index contributed by atoms with van der Waals surface area (Å²) in [6.45, 7) is 12.3. The number of benzene rings is 2. The normalized spacial score (nSPS) is 11.1. The number of carbonyl (C=O) groups is 1. The highest BCUT2D eigenvalue weighted by Gasteiger charge is 2.19. The first-order chi connectivity index (χ1) is 18.4. The molecule has 0 saturated carbocycles. The molecule has 0 aliphatic rings. The van der Waals surface area contributed by atoms with Gasteiger partial charge in [-0.25, -0.2) is 0 Å². The molecule has 0 saturated heterocycles. The standard InChI is InChI=1S/C30H36N4O4/c1-6-22-20(15-32-16-21-12-18(4)38-19(21)5)10-9-11-25(22)34-29-23-13-27(36-7-2)28(37-8-3)14-26(23)33-17-24(29)30(31)35/h9-14,17,32H,6-8,15-16H2,1-5H3,(H2,31,35)(H,33,34).